The van der Waals surface area contributed by atoms with Gasteiger partial charge in [0.05, 0.1) is 0 Å². The number of nitrogens with zero attached hydrogens (tertiary/aromatic N) is 1. The highest BCUT2D eigenvalue weighted by atomic mass is 32.2. The summed E-state index contributed by atoms with van der Waals surface area (Å²) in [5.74, 6) is -2.13. The van der Waals surface area contributed by atoms with E-state index in [1.807, 2.05) is 0 Å². The minimum absolute atomic E-state index is 0.0587. The molecule has 8 nitrogen and oxygen atoms in total. The lowest BCUT2D eigenvalue weighted by molar-refractivity contribution is -0.150. The molecule has 2 aliphatic rings. The molecular formula is C21H17N3O5S3. The summed E-state index contributed by atoms with van der Waals surface area (Å²) >= 11 is 11.6. The Kier molecular flexibility index (Phi) is 6.13. The predicted octanol–water partition coefficient (Wildman–Crippen LogP) is 2.15. The molecule has 1 saturated heterocycles. The minimum atomic E-state index is -1.25. The van der Waals surface area contributed by atoms with Gasteiger partial charge in [0.2, 0.25) is 0 Å². The normalized spacial score (nSPS) is 19.8. The highest BCUT2D eigenvalue weighted by molar-refractivity contribution is 8.00. The SMILES string of the molecule is O=C(O)C1=C(Cc2cc[nH]c(=S)c2O)CS[C@H]2C(NC(=O)C(=S)c3ccccc3)C(=O)N12. The number of carbonyl (C=O) groups is 3. The predicted molar refractivity (Wildman–Crippen MR) is 125 cm³/mol. The number of hydrogen-bond acceptors (Lipinski definition) is 7. The number of thiocarbonyl (C=S) groups is 1. The van der Waals surface area contributed by atoms with Crippen molar-refractivity contribution in [2.75, 3.05) is 5.75 Å². The van der Waals surface area contributed by atoms with E-state index in [4.69, 9.17) is 24.4 Å². The first-order valence-corrected chi connectivity index (χ1v) is 11.4. The summed E-state index contributed by atoms with van der Waals surface area (Å²) in [5.41, 5.74) is 1.38. The number of benzene rings is 1. The standard InChI is InChI=1S/C21H17N3O5S3/c25-15-11(6-7-22-18(15)31)8-12-9-32-20-13(19(27)24(20)14(12)21(28)29)23-17(26)16(30)10-4-2-1-3-5-10/h1-7,13,20,25H,8-9H2,(H,22,31)(H,23,26)(H,28,29)/t13?,20-/m0/s1. The summed E-state index contributed by atoms with van der Waals surface area (Å²) in [5, 5.41) is 22.1. The smallest absolute Gasteiger partial charge is 0.352 e. The lowest BCUT2D eigenvalue weighted by atomic mass is 9.99. The maximum Gasteiger partial charge on any atom is 0.352 e. The molecule has 0 saturated carbocycles. The number of carboxylic acid groups (broad SMARTS) is 1. The Hall–Kier alpha value is -3.02. The quantitative estimate of drug-likeness (QED) is 0.278. The van der Waals surface area contributed by atoms with Crippen molar-refractivity contribution in [3.63, 3.8) is 0 Å². The Labute approximate surface area is 197 Å². The minimum Gasteiger partial charge on any atom is -0.505 e. The van der Waals surface area contributed by atoms with Crippen molar-refractivity contribution in [1.82, 2.24) is 15.2 Å². The third-order valence-corrected chi connectivity index (χ3v) is 7.27. The number of aromatic amines is 1. The summed E-state index contributed by atoms with van der Waals surface area (Å²) in [7, 11) is 0. The first-order valence-electron chi connectivity index (χ1n) is 9.49. The van der Waals surface area contributed by atoms with Crippen LogP contribution in [0.15, 0.2) is 53.9 Å². The Morgan fingerprint density at radius 1 is 1.25 bits per heavy atom. The van der Waals surface area contributed by atoms with Gasteiger partial charge in [0, 0.05) is 23.9 Å². The number of aliphatic carboxylic acids is 1. The molecule has 11 heteroatoms. The summed E-state index contributed by atoms with van der Waals surface area (Å²) in [6.07, 6.45) is 1.69. The van der Waals surface area contributed by atoms with E-state index in [0.29, 0.717) is 22.5 Å². The zero-order valence-electron chi connectivity index (χ0n) is 16.4. The number of thioether (sulfide) groups is 1. The maximum absolute atomic E-state index is 12.8. The second kappa shape index (κ2) is 8.85. The summed E-state index contributed by atoms with van der Waals surface area (Å²) < 4.78 is 0.151. The van der Waals surface area contributed by atoms with Gasteiger partial charge in [-0.2, -0.15) is 0 Å². The van der Waals surface area contributed by atoms with Crippen molar-refractivity contribution in [1.29, 1.82) is 0 Å². The molecule has 32 heavy (non-hydrogen) atoms. The molecule has 0 bridgehead atoms. The van der Waals surface area contributed by atoms with Gasteiger partial charge >= 0.3 is 5.97 Å². The molecule has 2 aliphatic heterocycles. The second-order valence-electron chi connectivity index (χ2n) is 7.17. The molecule has 1 aromatic heterocycles. The third-order valence-electron chi connectivity index (χ3n) is 5.20. The van der Waals surface area contributed by atoms with E-state index >= 15 is 0 Å². The molecule has 0 radical (unpaired) electrons. The topological polar surface area (TPSA) is 123 Å². The fourth-order valence-corrected chi connectivity index (χ4v) is 5.37. The van der Waals surface area contributed by atoms with Crippen LogP contribution in [0.4, 0.5) is 0 Å². The van der Waals surface area contributed by atoms with Crippen LogP contribution in [0.1, 0.15) is 11.1 Å². The lowest BCUT2D eigenvalue weighted by Gasteiger charge is -2.49. The Morgan fingerprint density at radius 2 is 1.97 bits per heavy atom. The van der Waals surface area contributed by atoms with Gasteiger partial charge in [-0.3, -0.25) is 14.5 Å². The molecule has 4 rings (SSSR count). The van der Waals surface area contributed by atoms with Crippen LogP contribution in [0, 0.1) is 4.64 Å². The molecule has 0 spiro atoms. The molecule has 1 fully saturated rings. The molecule has 2 amide bonds. The number of fused-ring (bicyclic) bond motifs is 1. The van der Waals surface area contributed by atoms with Crippen LogP contribution >= 0.6 is 36.2 Å². The molecule has 3 heterocycles. The van der Waals surface area contributed by atoms with Gasteiger partial charge in [0.25, 0.3) is 11.8 Å². The maximum atomic E-state index is 12.8. The molecule has 0 aliphatic carbocycles. The van der Waals surface area contributed by atoms with Crippen LogP contribution in [0.5, 0.6) is 5.75 Å². The van der Waals surface area contributed by atoms with Gasteiger partial charge < -0.3 is 20.5 Å². The second-order valence-corrected chi connectivity index (χ2v) is 9.09. The Balaban J connectivity index is 1.54. The average molecular weight is 488 g/mol. The molecule has 164 valence electrons. The number of aromatic nitrogens is 1. The summed E-state index contributed by atoms with van der Waals surface area (Å²) in [6.45, 7) is 0. The fourth-order valence-electron chi connectivity index (χ4n) is 3.63. The average Bonchev–Trinajstić information content (AvgIpc) is 2.79. The fraction of sp³-hybridized carbons (Fsp3) is 0.190. The number of H-pyrrole nitrogens is 1. The van der Waals surface area contributed by atoms with Gasteiger partial charge in [-0.25, -0.2) is 4.79 Å². The van der Waals surface area contributed by atoms with Crippen LogP contribution in [-0.4, -0.2) is 59.9 Å². The van der Waals surface area contributed by atoms with Gasteiger partial charge in [-0.15, -0.1) is 11.8 Å². The van der Waals surface area contributed by atoms with Crippen molar-refractivity contribution in [2.24, 2.45) is 0 Å². The number of amides is 2. The number of pyridine rings is 1. The number of carboxylic acids is 1. The number of β-lactam (4-membered cyclic amide) rings is 1. The van der Waals surface area contributed by atoms with Crippen molar-refractivity contribution in [3.8, 4) is 5.75 Å². The van der Waals surface area contributed by atoms with E-state index in [1.54, 1.807) is 42.6 Å². The number of carbonyl (C=O) groups excluding carboxylic acids is 2. The molecule has 1 aromatic carbocycles. The van der Waals surface area contributed by atoms with E-state index in [1.165, 1.54) is 16.7 Å². The van der Waals surface area contributed by atoms with Crippen LogP contribution < -0.4 is 5.32 Å². The number of nitrogens with one attached hydrogen (secondary N) is 2. The van der Waals surface area contributed by atoms with Crippen molar-refractivity contribution >= 4 is 58.8 Å². The first-order chi connectivity index (χ1) is 15.3. The molecule has 1 unspecified atom stereocenters. The van der Waals surface area contributed by atoms with E-state index in [2.05, 4.69) is 10.3 Å². The highest BCUT2D eigenvalue weighted by Gasteiger charge is 2.54. The highest BCUT2D eigenvalue weighted by Crippen LogP contribution is 2.41. The van der Waals surface area contributed by atoms with Crippen LogP contribution in [0.2, 0.25) is 0 Å². The van der Waals surface area contributed by atoms with Gasteiger partial charge in [0.1, 0.15) is 26.6 Å². The third kappa shape index (κ3) is 3.94. The van der Waals surface area contributed by atoms with Crippen molar-refractivity contribution < 1.29 is 24.6 Å². The van der Waals surface area contributed by atoms with Gasteiger partial charge in [0.15, 0.2) is 5.75 Å². The van der Waals surface area contributed by atoms with E-state index in [-0.39, 0.29) is 27.4 Å². The largest absolute Gasteiger partial charge is 0.505 e. The zero-order chi connectivity index (χ0) is 23.0. The molecule has 4 N–H and O–H groups in total. The Bertz CT molecular complexity index is 1220. The number of hydrogen-bond donors (Lipinski definition) is 4. The molecular weight excluding hydrogens is 470 g/mol. The number of rotatable bonds is 6. The first kappa shape index (κ1) is 22.2. The van der Waals surface area contributed by atoms with Gasteiger partial charge in [-0.1, -0.05) is 54.8 Å². The zero-order valence-corrected chi connectivity index (χ0v) is 18.9. The summed E-state index contributed by atoms with van der Waals surface area (Å²) in [6, 6.07) is 9.46. The van der Waals surface area contributed by atoms with E-state index in [9.17, 15) is 24.6 Å². The van der Waals surface area contributed by atoms with Crippen LogP contribution in [0.25, 0.3) is 0 Å². The molecule has 2 aromatic rings. The van der Waals surface area contributed by atoms with E-state index in [0.717, 1.165) is 0 Å². The van der Waals surface area contributed by atoms with Crippen molar-refractivity contribution in [2.45, 2.75) is 17.8 Å². The Morgan fingerprint density at radius 3 is 2.66 bits per heavy atom. The van der Waals surface area contributed by atoms with Crippen LogP contribution in [-0.2, 0) is 20.8 Å². The van der Waals surface area contributed by atoms with Crippen molar-refractivity contribution in [3.05, 3.63) is 69.6 Å². The summed E-state index contributed by atoms with van der Waals surface area (Å²) in [4.78, 5) is 41.3. The van der Waals surface area contributed by atoms with E-state index < -0.39 is 29.2 Å². The molecule has 2 atom stereocenters. The monoisotopic (exact) mass is 487 g/mol. The number of aromatic hydroxyl groups is 1. The van der Waals surface area contributed by atoms with Crippen LogP contribution in [0.3, 0.4) is 0 Å². The van der Waals surface area contributed by atoms with Gasteiger partial charge in [-0.05, 0) is 17.2 Å². The lowest BCUT2D eigenvalue weighted by Crippen LogP contribution is -2.71.